The minimum atomic E-state index is -0.0308. The zero-order chi connectivity index (χ0) is 27.1. The van der Waals surface area contributed by atoms with E-state index in [9.17, 15) is 4.79 Å². The Morgan fingerprint density at radius 2 is 1.22 bits per heavy atom. The summed E-state index contributed by atoms with van der Waals surface area (Å²) < 4.78 is 15.2. The number of aromatic nitrogens is 1. The predicted octanol–water partition coefficient (Wildman–Crippen LogP) is 9.61. The summed E-state index contributed by atoms with van der Waals surface area (Å²) in [4.78, 5) is 13.6. The maximum absolute atomic E-state index is 13.6. The molecule has 3 aromatic heterocycles. The third-order valence-corrected chi connectivity index (χ3v) is 8.20. The summed E-state index contributed by atoms with van der Waals surface area (Å²) in [5.74, 6) is 0. The van der Waals surface area contributed by atoms with Gasteiger partial charge in [0.2, 0.25) is 5.43 Å². The first-order valence-electron chi connectivity index (χ1n) is 13.6. The summed E-state index contributed by atoms with van der Waals surface area (Å²) in [5, 5.41) is 5.53. The van der Waals surface area contributed by atoms with Crippen LogP contribution in [0.2, 0.25) is 0 Å². The molecule has 0 spiro atoms. The van der Waals surface area contributed by atoms with Crippen molar-refractivity contribution in [2.45, 2.75) is 0 Å². The average molecular weight is 528 g/mol. The van der Waals surface area contributed by atoms with Gasteiger partial charge in [-0.1, -0.05) is 78.9 Å². The van der Waals surface area contributed by atoms with E-state index in [1.807, 2.05) is 91.0 Å². The fourth-order valence-corrected chi connectivity index (χ4v) is 6.36. The van der Waals surface area contributed by atoms with Crippen LogP contribution in [0.4, 0.5) is 0 Å². The lowest BCUT2D eigenvalue weighted by atomic mass is 10.0. The molecule has 0 saturated heterocycles. The van der Waals surface area contributed by atoms with Crippen LogP contribution in [0.15, 0.2) is 141 Å². The number of fused-ring (bicyclic) bond motifs is 9. The Hall–Kier alpha value is -5.61. The molecule has 0 amide bonds. The molecule has 6 aromatic carbocycles. The maximum Gasteiger partial charge on any atom is 0.200 e. The van der Waals surface area contributed by atoms with Gasteiger partial charge in [-0.05, 0) is 48.0 Å². The van der Waals surface area contributed by atoms with Gasteiger partial charge in [-0.25, -0.2) is 0 Å². The molecule has 4 heteroatoms. The summed E-state index contributed by atoms with van der Waals surface area (Å²) in [7, 11) is 0. The van der Waals surface area contributed by atoms with E-state index in [0.717, 1.165) is 60.6 Å². The number of hydrogen-bond donors (Lipinski definition) is 0. The Labute approximate surface area is 233 Å². The lowest BCUT2D eigenvalue weighted by Crippen LogP contribution is -2.03. The number of para-hydroxylation sites is 3. The Morgan fingerprint density at radius 1 is 0.488 bits per heavy atom. The molecule has 3 heterocycles. The molecule has 0 bridgehead atoms. The number of rotatable bonds is 2. The predicted molar refractivity (Wildman–Crippen MR) is 167 cm³/mol. The molecule has 0 aliphatic carbocycles. The van der Waals surface area contributed by atoms with E-state index in [0.29, 0.717) is 21.9 Å². The molecule has 41 heavy (non-hydrogen) atoms. The standard InChI is InChI=1S/C37H21NO3/c39-35-28-18-17-23(21-33(28)41-36-24(13-8-14-29(35)36)22-9-2-1-3-10-22)38-30-15-6-4-12-27(30)34-31(38)20-19-26-25-11-5-7-16-32(25)40-37(26)34/h1-21H. The van der Waals surface area contributed by atoms with Crippen molar-refractivity contribution in [3.8, 4) is 16.8 Å². The molecule has 192 valence electrons. The van der Waals surface area contributed by atoms with Crippen molar-refractivity contribution in [3.05, 3.63) is 138 Å². The lowest BCUT2D eigenvalue weighted by molar-refractivity contribution is 0.661. The van der Waals surface area contributed by atoms with E-state index in [-0.39, 0.29) is 5.43 Å². The molecule has 0 atom stereocenters. The Balaban J connectivity index is 1.36. The molecule has 9 rings (SSSR count). The molecule has 0 aliphatic rings. The number of nitrogens with zero attached hydrogens (tertiary/aromatic N) is 1. The highest BCUT2D eigenvalue weighted by molar-refractivity contribution is 6.23. The minimum absolute atomic E-state index is 0.0308. The van der Waals surface area contributed by atoms with Crippen LogP contribution in [0.3, 0.4) is 0 Å². The van der Waals surface area contributed by atoms with E-state index in [1.165, 1.54) is 0 Å². The van der Waals surface area contributed by atoms with Crippen LogP contribution < -0.4 is 5.43 Å². The highest BCUT2D eigenvalue weighted by Gasteiger charge is 2.19. The molecular formula is C37H21NO3. The third kappa shape index (κ3) is 3.07. The van der Waals surface area contributed by atoms with Gasteiger partial charge in [0.05, 0.1) is 27.2 Å². The van der Waals surface area contributed by atoms with Crippen LogP contribution >= 0.6 is 0 Å². The quantitative estimate of drug-likeness (QED) is 0.210. The van der Waals surface area contributed by atoms with Crippen molar-refractivity contribution in [1.82, 2.24) is 4.57 Å². The van der Waals surface area contributed by atoms with E-state index in [1.54, 1.807) is 0 Å². The molecule has 0 aliphatic heterocycles. The van der Waals surface area contributed by atoms with E-state index in [4.69, 9.17) is 8.83 Å². The highest BCUT2D eigenvalue weighted by atomic mass is 16.3. The molecule has 0 fully saturated rings. The van der Waals surface area contributed by atoms with Crippen molar-refractivity contribution in [2.75, 3.05) is 0 Å². The maximum atomic E-state index is 13.6. The molecule has 0 saturated carbocycles. The topological polar surface area (TPSA) is 48.3 Å². The van der Waals surface area contributed by atoms with Crippen LogP contribution in [0, 0.1) is 0 Å². The fourth-order valence-electron chi connectivity index (χ4n) is 6.36. The first-order chi connectivity index (χ1) is 20.3. The number of furan rings is 1. The Morgan fingerprint density at radius 3 is 2.12 bits per heavy atom. The summed E-state index contributed by atoms with van der Waals surface area (Å²) in [6, 6.07) is 42.5. The van der Waals surface area contributed by atoms with Crippen LogP contribution in [-0.2, 0) is 0 Å². The van der Waals surface area contributed by atoms with Gasteiger partial charge in [0.25, 0.3) is 0 Å². The van der Waals surface area contributed by atoms with Crippen LogP contribution in [0.1, 0.15) is 0 Å². The van der Waals surface area contributed by atoms with Crippen LogP contribution in [0.5, 0.6) is 0 Å². The van der Waals surface area contributed by atoms with Gasteiger partial charge in [0.1, 0.15) is 22.3 Å². The molecule has 4 nitrogen and oxygen atoms in total. The normalized spacial score (nSPS) is 12.0. The zero-order valence-corrected chi connectivity index (χ0v) is 21.8. The summed E-state index contributed by atoms with van der Waals surface area (Å²) in [6.45, 7) is 0. The van der Waals surface area contributed by atoms with Crippen molar-refractivity contribution in [2.24, 2.45) is 0 Å². The fraction of sp³-hybridized carbons (Fsp3) is 0. The van der Waals surface area contributed by atoms with E-state index in [2.05, 4.69) is 41.0 Å². The second-order valence-electron chi connectivity index (χ2n) is 10.4. The summed E-state index contributed by atoms with van der Waals surface area (Å²) in [5.41, 5.74) is 7.79. The molecule has 0 unspecified atom stereocenters. The number of hydrogen-bond acceptors (Lipinski definition) is 3. The minimum Gasteiger partial charge on any atom is -0.455 e. The second-order valence-corrected chi connectivity index (χ2v) is 10.4. The number of benzene rings is 6. The van der Waals surface area contributed by atoms with Gasteiger partial charge >= 0.3 is 0 Å². The van der Waals surface area contributed by atoms with Crippen LogP contribution in [-0.4, -0.2) is 4.57 Å². The molecule has 0 N–H and O–H groups in total. The van der Waals surface area contributed by atoms with Crippen molar-refractivity contribution < 1.29 is 8.83 Å². The molecular weight excluding hydrogens is 506 g/mol. The third-order valence-electron chi connectivity index (χ3n) is 8.20. The van der Waals surface area contributed by atoms with Crippen molar-refractivity contribution in [3.63, 3.8) is 0 Å². The second kappa shape index (κ2) is 8.20. The summed E-state index contributed by atoms with van der Waals surface area (Å²) >= 11 is 0. The van der Waals surface area contributed by atoms with Gasteiger partial charge in [-0.2, -0.15) is 0 Å². The average Bonchev–Trinajstić information content (AvgIpc) is 3.57. The lowest BCUT2D eigenvalue weighted by Gasteiger charge is -2.11. The SMILES string of the molecule is O=c1c2ccc(-n3c4ccccc4c4c5oc6ccccc6c5ccc43)cc2oc2c(-c3ccccc3)cccc12. The van der Waals surface area contributed by atoms with Crippen molar-refractivity contribution in [1.29, 1.82) is 0 Å². The van der Waals surface area contributed by atoms with Gasteiger partial charge in [0.15, 0.2) is 0 Å². The van der Waals surface area contributed by atoms with E-state index < -0.39 is 0 Å². The Bertz CT molecular complexity index is 2550. The zero-order valence-electron chi connectivity index (χ0n) is 21.8. The monoisotopic (exact) mass is 527 g/mol. The van der Waals surface area contributed by atoms with Gasteiger partial charge < -0.3 is 13.4 Å². The summed E-state index contributed by atoms with van der Waals surface area (Å²) in [6.07, 6.45) is 0. The van der Waals surface area contributed by atoms with Crippen molar-refractivity contribution >= 4 is 65.7 Å². The first-order valence-corrected chi connectivity index (χ1v) is 13.6. The molecule has 0 radical (unpaired) electrons. The van der Waals surface area contributed by atoms with Gasteiger partial charge in [-0.15, -0.1) is 0 Å². The first kappa shape index (κ1) is 22.2. The largest absolute Gasteiger partial charge is 0.455 e. The highest BCUT2D eigenvalue weighted by Crippen LogP contribution is 2.41. The van der Waals surface area contributed by atoms with Gasteiger partial charge in [-0.3, -0.25) is 4.79 Å². The molecule has 9 aromatic rings. The van der Waals surface area contributed by atoms with Gasteiger partial charge in [0, 0.05) is 33.5 Å². The Kier molecular flexibility index (Phi) is 4.44. The smallest absolute Gasteiger partial charge is 0.200 e. The van der Waals surface area contributed by atoms with Crippen LogP contribution in [0.25, 0.3) is 82.5 Å². The van der Waals surface area contributed by atoms with E-state index >= 15 is 0 Å².